The number of nitrogens with one attached hydrogen (secondary N) is 1. The Morgan fingerprint density at radius 1 is 1.18 bits per heavy atom. The smallest absolute Gasteiger partial charge is 0.419 e. The molecule has 0 fully saturated rings. The Morgan fingerprint density at radius 2 is 1.91 bits per heavy atom. The van der Waals surface area contributed by atoms with Crippen LogP contribution >= 0.6 is 0 Å². The maximum absolute atomic E-state index is 13.0. The lowest BCUT2D eigenvalue weighted by atomic mass is 10.1. The lowest BCUT2D eigenvalue weighted by molar-refractivity contribution is -0.139. The average molecular weight is 455 g/mol. The van der Waals surface area contributed by atoms with Crippen LogP contribution in [0.2, 0.25) is 0 Å². The molecule has 0 aliphatic carbocycles. The van der Waals surface area contributed by atoms with Crippen LogP contribution < -0.4 is 5.32 Å². The molecule has 0 spiro atoms. The number of nitrogens with zero attached hydrogens (tertiary/aromatic N) is 3. The van der Waals surface area contributed by atoms with Gasteiger partial charge in [-0.3, -0.25) is 9.63 Å². The molecule has 33 heavy (non-hydrogen) atoms. The molecule has 0 aliphatic rings. The number of hydrogen-bond acceptors (Lipinski definition) is 6. The fraction of sp³-hybridized carbons (Fsp3) is 0.480. The van der Waals surface area contributed by atoms with Crippen molar-refractivity contribution in [2.75, 3.05) is 26.7 Å². The molecule has 0 atom stereocenters. The minimum Gasteiger partial charge on any atom is -0.443 e. The highest BCUT2D eigenvalue weighted by Crippen LogP contribution is 2.31. The van der Waals surface area contributed by atoms with Crippen LogP contribution in [0.1, 0.15) is 56.7 Å². The molecule has 1 amide bonds. The molecular formula is C25H34N4O4. The van der Waals surface area contributed by atoms with Crippen molar-refractivity contribution >= 4 is 33.8 Å². The maximum Gasteiger partial charge on any atom is 0.419 e. The number of hydrogen-bond donors (Lipinski definition) is 1. The first-order valence-electron chi connectivity index (χ1n) is 11.4. The number of amides is 1. The first-order valence-corrected chi connectivity index (χ1v) is 11.4. The lowest BCUT2D eigenvalue weighted by Gasteiger charge is -2.20. The maximum atomic E-state index is 13.0. The van der Waals surface area contributed by atoms with Gasteiger partial charge >= 0.3 is 6.09 Å². The summed E-state index contributed by atoms with van der Waals surface area (Å²) in [5.41, 5.74) is 1.64. The van der Waals surface area contributed by atoms with E-state index in [0.717, 1.165) is 29.3 Å². The fourth-order valence-corrected chi connectivity index (χ4v) is 3.75. The Labute approximate surface area is 194 Å². The van der Waals surface area contributed by atoms with E-state index in [2.05, 4.69) is 17.2 Å². The van der Waals surface area contributed by atoms with Crippen LogP contribution in [-0.2, 0) is 9.57 Å². The largest absolute Gasteiger partial charge is 0.443 e. The quantitative estimate of drug-likeness (QED) is 0.393. The third-order valence-electron chi connectivity index (χ3n) is 5.09. The Kier molecular flexibility index (Phi) is 7.71. The number of benzene rings is 1. The summed E-state index contributed by atoms with van der Waals surface area (Å²) >= 11 is 0. The predicted molar refractivity (Wildman–Crippen MR) is 129 cm³/mol. The van der Waals surface area contributed by atoms with Gasteiger partial charge in [0.2, 0.25) is 0 Å². The number of rotatable bonds is 8. The van der Waals surface area contributed by atoms with Gasteiger partial charge in [-0.2, -0.15) is 5.06 Å². The number of aromatic nitrogens is 2. The van der Waals surface area contributed by atoms with Crippen molar-refractivity contribution in [3.63, 3.8) is 0 Å². The van der Waals surface area contributed by atoms with E-state index in [9.17, 15) is 9.59 Å². The van der Waals surface area contributed by atoms with Crippen molar-refractivity contribution in [1.29, 1.82) is 0 Å². The Morgan fingerprint density at radius 3 is 2.61 bits per heavy atom. The molecule has 0 unspecified atom stereocenters. The number of para-hydroxylation sites is 1. The summed E-state index contributed by atoms with van der Waals surface area (Å²) in [6, 6.07) is 9.33. The van der Waals surface area contributed by atoms with Crippen LogP contribution in [0.25, 0.3) is 21.8 Å². The van der Waals surface area contributed by atoms with Gasteiger partial charge in [-0.25, -0.2) is 14.3 Å². The van der Waals surface area contributed by atoms with Gasteiger partial charge in [-0.1, -0.05) is 25.1 Å². The molecule has 2 aromatic heterocycles. The zero-order chi connectivity index (χ0) is 24.2. The highest BCUT2D eigenvalue weighted by atomic mass is 16.7. The number of ether oxygens (including phenoxy) is 1. The summed E-state index contributed by atoms with van der Waals surface area (Å²) in [4.78, 5) is 35.9. The van der Waals surface area contributed by atoms with E-state index in [1.54, 1.807) is 22.6 Å². The van der Waals surface area contributed by atoms with Gasteiger partial charge in [0.1, 0.15) is 11.3 Å². The van der Waals surface area contributed by atoms with Gasteiger partial charge in [-0.05, 0) is 52.7 Å². The molecule has 1 N–H and O–H groups in total. The molecule has 0 saturated carbocycles. The first-order chi connectivity index (χ1) is 15.6. The first kappa shape index (κ1) is 24.7. The standard InChI is InChI=1S/C25H34N4O4/c1-7-14-28(6)32-15-10-13-26-23(30)20-16-19-18-11-8-9-12-21(18)29(22(19)17(2)27-20)24(31)33-25(3,4)5/h8-9,11-12,16H,7,10,13-15H2,1-6H3,(H,26,30). The molecule has 1 aromatic carbocycles. The molecule has 0 aliphatic heterocycles. The van der Waals surface area contributed by atoms with E-state index < -0.39 is 11.7 Å². The molecule has 0 radical (unpaired) electrons. The Bertz CT molecular complexity index is 1150. The van der Waals surface area contributed by atoms with Crippen molar-refractivity contribution in [3.8, 4) is 0 Å². The van der Waals surface area contributed by atoms with E-state index in [4.69, 9.17) is 9.57 Å². The minimum atomic E-state index is -0.634. The second kappa shape index (κ2) is 10.3. The lowest BCUT2D eigenvalue weighted by Crippen LogP contribution is -2.28. The minimum absolute atomic E-state index is 0.254. The highest BCUT2D eigenvalue weighted by Gasteiger charge is 2.24. The molecule has 178 valence electrons. The third-order valence-corrected chi connectivity index (χ3v) is 5.09. The second-order valence-corrected chi connectivity index (χ2v) is 9.12. The van der Waals surface area contributed by atoms with Crippen molar-refractivity contribution in [2.45, 2.75) is 53.1 Å². The number of hydroxylamine groups is 2. The van der Waals surface area contributed by atoms with E-state index in [1.165, 1.54) is 0 Å². The molecule has 2 heterocycles. The predicted octanol–water partition coefficient (Wildman–Crippen LogP) is 4.67. The zero-order valence-corrected chi connectivity index (χ0v) is 20.4. The monoisotopic (exact) mass is 454 g/mol. The zero-order valence-electron chi connectivity index (χ0n) is 20.4. The van der Waals surface area contributed by atoms with E-state index in [-0.39, 0.29) is 5.91 Å². The Balaban J connectivity index is 1.85. The van der Waals surface area contributed by atoms with Crippen LogP contribution in [0, 0.1) is 6.92 Å². The van der Waals surface area contributed by atoms with Crippen LogP contribution in [0.3, 0.4) is 0 Å². The van der Waals surface area contributed by atoms with E-state index >= 15 is 0 Å². The third kappa shape index (κ3) is 5.89. The highest BCUT2D eigenvalue weighted by molar-refractivity contribution is 6.14. The fourth-order valence-electron chi connectivity index (χ4n) is 3.75. The SMILES string of the molecule is CCCN(C)OCCCNC(=O)c1cc2c3ccccc3n(C(=O)OC(C)(C)C)c2c(C)n1. The summed E-state index contributed by atoms with van der Waals surface area (Å²) in [6.07, 6.45) is 1.24. The van der Waals surface area contributed by atoms with Crippen LogP contribution in [0.4, 0.5) is 4.79 Å². The van der Waals surface area contributed by atoms with Gasteiger partial charge < -0.3 is 10.1 Å². The number of fused-ring (bicyclic) bond motifs is 3. The average Bonchev–Trinajstić information content (AvgIpc) is 3.07. The molecule has 3 rings (SSSR count). The van der Waals surface area contributed by atoms with Gasteiger partial charge in [0, 0.05) is 30.9 Å². The van der Waals surface area contributed by atoms with Crippen LogP contribution in [-0.4, -0.2) is 59.0 Å². The van der Waals surface area contributed by atoms with Crippen molar-refractivity contribution in [1.82, 2.24) is 19.9 Å². The number of carbonyl (C=O) groups is 2. The summed E-state index contributed by atoms with van der Waals surface area (Å²) in [7, 11) is 1.90. The summed E-state index contributed by atoms with van der Waals surface area (Å²) in [5.74, 6) is -0.254. The molecular weight excluding hydrogens is 420 g/mol. The second-order valence-electron chi connectivity index (χ2n) is 9.12. The molecule has 8 nitrogen and oxygen atoms in total. The van der Waals surface area contributed by atoms with Crippen molar-refractivity contribution < 1.29 is 19.2 Å². The Hall–Kier alpha value is -2.97. The van der Waals surface area contributed by atoms with Crippen LogP contribution in [0.5, 0.6) is 0 Å². The molecule has 3 aromatic rings. The van der Waals surface area contributed by atoms with Crippen molar-refractivity contribution in [2.24, 2.45) is 0 Å². The molecule has 0 bridgehead atoms. The number of carbonyl (C=O) groups excluding carboxylic acids is 2. The van der Waals surface area contributed by atoms with Gasteiger partial charge in [0.05, 0.1) is 23.3 Å². The van der Waals surface area contributed by atoms with Gasteiger partial charge in [-0.15, -0.1) is 0 Å². The summed E-state index contributed by atoms with van der Waals surface area (Å²) in [5, 5.41) is 6.37. The molecule has 8 heteroatoms. The number of aryl methyl sites for hydroxylation is 1. The number of pyridine rings is 1. The normalized spacial score (nSPS) is 12.0. The van der Waals surface area contributed by atoms with Gasteiger partial charge in [0.25, 0.3) is 5.91 Å². The van der Waals surface area contributed by atoms with Gasteiger partial charge in [0.15, 0.2) is 0 Å². The topological polar surface area (TPSA) is 85.7 Å². The van der Waals surface area contributed by atoms with Crippen molar-refractivity contribution in [3.05, 3.63) is 41.7 Å². The van der Waals surface area contributed by atoms with E-state index in [1.807, 2.05) is 52.1 Å². The summed E-state index contributed by atoms with van der Waals surface area (Å²) in [6.45, 7) is 11.3. The molecule has 0 saturated heterocycles. The summed E-state index contributed by atoms with van der Waals surface area (Å²) < 4.78 is 7.19. The van der Waals surface area contributed by atoms with Crippen LogP contribution in [0.15, 0.2) is 30.3 Å². The van der Waals surface area contributed by atoms with E-state index in [0.29, 0.717) is 36.5 Å².